The van der Waals surface area contributed by atoms with E-state index in [1.807, 2.05) is 0 Å². The molecule has 2 N–H and O–H groups in total. The van der Waals surface area contributed by atoms with Crippen LogP contribution in [0.15, 0.2) is 4.99 Å². The quantitative estimate of drug-likeness (QED) is 0.232. The molecule has 1 aliphatic heterocycles. The van der Waals surface area contributed by atoms with Crippen LogP contribution in [0.4, 0.5) is 0 Å². The van der Waals surface area contributed by atoms with Gasteiger partial charge in [0.15, 0.2) is 5.96 Å². The van der Waals surface area contributed by atoms with Crippen LogP contribution < -0.4 is 10.6 Å². The third kappa shape index (κ3) is 8.51. The van der Waals surface area contributed by atoms with Gasteiger partial charge in [0, 0.05) is 52.9 Å². The van der Waals surface area contributed by atoms with Gasteiger partial charge in [-0.25, -0.2) is 0 Å². The fourth-order valence-corrected chi connectivity index (χ4v) is 3.75. The number of nitrogens with one attached hydrogen (secondary N) is 2. The van der Waals surface area contributed by atoms with Crippen LogP contribution in [-0.2, 0) is 9.53 Å². The summed E-state index contributed by atoms with van der Waals surface area (Å²) in [4.78, 5) is 21.4. The molecule has 8 heteroatoms. The summed E-state index contributed by atoms with van der Waals surface area (Å²) in [5.74, 6) is 1.11. The minimum Gasteiger partial charge on any atom is -0.383 e. The predicted octanol–water partition coefficient (Wildman–Crippen LogP) is 1.53. The van der Waals surface area contributed by atoms with E-state index in [0.29, 0.717) is 25.1 Å². The first-order valence-corrected chi connectivity index (χ1v) is 10.1. The summed E-state index contributed by atoms with van der Waals surface area (Å²) in [5.41, 5.74) is 0.378. The molecule has 2 fully saturated rings. The van der Waals surface area contributed by atoms with E-state index in [9.17, 15) is 4.79 Å². The van der Waals surface area contributed by atoms with Crippen LogP contribution in [0.3, 0.4) is 0 Å². The first-order chi connectivity index (χ1) is 12.6. The van der Waals surface area contributed by atoms with Gasteiger partial charge in [-0.2, -0.15) is 0 Å². The van der Waals surface area contributed by atoms with Crippen molar-refractivity contribution in [2.75, 3.05) is 66.1 Å². The van der Waals surface area contributed by atoms with Gasteiger partial charge in [0.2, 0.25) is 5.91 Å². The molecule has 2 rings (SSSR count). The molecule has 1 aliphatic carbocycles. The Morgan fingerprint density at radius 3 is 2.41 bits per heavy atom. The van der Waals surface area contributed by atoms with Crippen molar-refractivity contribution in [3.63, 3.8) is 0 Å². The summed E-state index contributed by atoms with van der Waals surface area (Å²) in [7, 11) is 1.64. The maximum atomic E-state index is 11.9. The Kier molecular flexibility index (Phi) is 11.6. The number of rotatable bonds is 8. The molecule has 158 valence electrons. The molecule has 27 heavy (non-hydrogen) atoms. The van der Waals surface area contributed by atoms with Gasteiger partial charge in [0.25, 0.3) is 0 Å². The monoisotopic (exact) mass is 495 g/mol. The van der Waals surface area contributed by atoms with Gasteiger partial charge in [-0.05, 0) is 25.2 Å². The zero-order valence-corrected chi connectivity index (χ0v) is 19.6. The second kappa shape index (κ2) is 12.8. The van der Waals surface area contributed by atoms with Gasteiger partial charge in [0.1, 0.15) is 0 Å². The van der Waals surface area contributed by atoms with Crippen molar-refractivity contribution < 1.29 is 9.53 Å². The van der Waals surface area contributed by atoms with E-state index in [0.717, 1.165) is 45.2 Å². The van der Waals surface area contributed by atoms with Crippen molar-refractivity contribution >= 4 is 35.8 Å². The molecule has 7 nitrogen and oxygen atoms in total. The maximum absolute atomic E-state index is 11.9. The van der Waals surface area contributed by atoms with Gasteiger partial charge in [0.05, 0.1) is 13.2 Å². The highest BCUT2D eigenvalue weighted by atomic mass is 127. The van der Waals surface area contributed by atoms with Crippen molar-refractivity contribution in [3.05, 3.63) is 0 Å². The molecule has 0 bridgehead atoms. The van der Waals surface area contributed by atoms with E-state index >= 15 is 0 Å². The van der Waals surface area contributed by atoms with Gasteiger partial charge < -0.3 is 20.3 Å². The first kappa shape index (κ1) is 24.4. The zero-order chi connectivity index (χ0) is 18.8. The van der Waals surface area contributed by atoms with E-state index in [2.05, 4.69) is 34.3 Å². The number of guanidine groups is 1. The predicted molar refractivity (Wildman–Crippen MR) is 121 cm³/mol. The lowest BCUT2D eigenvalue weighted by atomic mass is 9.89. The Morgan fingerprint density at radius 2 is 1.81 bits per heavy atom. The highest BCUT2D eigenvalue weighted by Gasteiger charge is 2.29. The number of amides is 1. The van der Waals surface area contributed by atoms with Crippen molar-refractivity contribution in [1.29, 1.82) is 0 Å². The Labute approximate surface area is 181 Å². The summed E-state index contributed by atoms with van der Waals surface area (Å²) in [5, 5.41) is 6.33. The van der Waals surface area contributed by atoms with Crippen molar-refractivity contribution in [3.8, 4) is 0 Å². The largest absolute Gasteiger partial charge is 0.383 e. The number of ether oxygens (including phenoxy) is 1. The average molecular weight is 495 g/mol. The normalized spacial score (nSPS) is 20.3. The number of hydrogen-bond donors (Lipinski definition) is 2. The van der Waals surface area contributed by atoms with E-state index in [4.69, 9.17) is 9.73 Å². The number of carbonyl (C=O) groups is 1. The molecule has 1 saturated heterocycles. The summed E-state index contributed by atoms with van der Waals surface area (Å²) >= 11 is 0. The van der Waals surface area contributed by atoms with Crippen LogP contribution >= 0.6 is 24.0 Å². The summed E-state index contributed by atoms with van der Waals surface area (Å²) in [6.45, 7) is 11.5. The number of piperazine rings is 1. The molecular formula is C19H38IN5O2. The van der Waals surface area contributed by atoms with Gasteiger partial charge in [-0.1, -0.05) is 19.8 Å². The average Bonchev–Trinajstić information content (AvgIpc) is 3.06. The van der Waals surface area contributed by atoms with E-state index < -0.39 is 0 Å². The molecule has 0 radical (unpaired) electrons. The van der Waals surface area contributed by atoms with Crippen LogP contribution in [0.5, 0.6) is 0 Å². The molecule has 2 aliphatic rings. The number of hydrogen-bond acceptors (Lipinski definition) is 4. The second-order valence-corrected chi connectivity index (χ2v) is 7.79. The highest BCUT2D eigenvalue weighted by molar-refractivity contribution is 14.0. The minimum absolute atomic E-state index is 0. The lowest BCUT2D eigenvalue weighted by Crippen LogP contribution is -2.54. The molecule has 0 unspecified atom stereocenters. The molecule has 1 heterocycles. The summed E-state index contributed by atoms with van der Waals surface area (Å²) < 4.78 is 4.96. The summed E-state index contributed by atoms with van der Waals surface area (Å²) in [6, 6.07) is 0. The molecule has 1 amide bonds. The Morgan fingerprint density at radius 1 is 1.15 bits per heavy atom. The molecule has 0 atom stereocenters. The van der Waals surface area contributed by atoms with Crippen LogP contribution in [0.25, 0.3) is 0 Å². The number of methoxy groups -OCH3 is 1. The minimum atomic E-state index is 0. The SMILES string of the molecule is CCNC(=NCC1(C)CCCC1)N1CCN(CC(=O)NCCOC)CC1.I. The lowest BCUT2D eigenvalue weighted by molar-refractivity contribution is -0.122. The van der Waals surface area contributed by atoms with Crippen LogP contribution in [0.1, 0.15) is 39.5 Å². The van der Waals surface area contributed by atoms with Crippen LogP contribution in [-0.4, -0.2) is 87.7 Å². The molecule has 0 spiro atoms. The molecule has 0 aromatic rings. The molecule has 1 saturated carbocycles. The second-order valence-electron chi connectivity index (χ2n) is 7.79. The number of aliphatic imine (C=N–C) groups is 1. The number of nitrogens with zero attached hydrogens (tertiary/aromatic N) is 3. The maximum Gasteiger partial charge on any atom is 0.234 e. The molecule has 0 aromatic heterocycles. The fourth-order valence-electron chi connectivity index (χ4n) is 3.75. The smallest absolute Gasteiger partial charge is 0.234 e. The van der Waals surface area contributed by atoms with Crippen molar-refractivity contribution in [1.82, 2.24) is 20.4 Å². The Hall–Kier alpha value is -0.610. The van der Waals surface area contributed by atoms with Gasteiger partial charge in [-0.3, -0.25) is 14.7 Å². The Balaban J connectivity index is 0.00000364. The van der Waals surface area contributed by atoms with Crippen molar-refractivity contribution in [2.24, 2.45) is 10.4 Å². The van der Waals surface area contributed by atoms with E-state index in [1.54, 1.807) is 7.11 Å². The Bertz CT molecular complexity index is 461. The lowest BCUT2D eigenvalue weighted by Gasteiger charge is -2.36. The van der Waals surface area contributed by atoms with E-state index in [1.165, 1.54) is 25.7 Å². The zero-order valence-electron chi connectivity index (χ0n) is 17.3. The van der Waals surface area contributed by atoms with Crippen LogP contribution in [0.2, 0.25) is 0 Å². The number of halogens is 1. The van der Waals surface area contributed by atoms with Gasteiger partial charge in [-0.15, -0.1) is 24.0 Å². The summed E-state index contributed by atoms with van der Waals surface area (Å²) in [6.07, 6.45) is 5.27. The topological polar surface area (TPSA) is 69.2 Å². The highest BCUT2D eigenvalue weighted by Crippen LogP contribution is 2.37. The van der Waals surface area contributed by atoms with E-state index in [-0.39, 0.29) is 29.9 Å². The van der Waals surface area contributed by atoms with Crippen LogP contribution in [0, 0.1) is 5.41 Å². The number of carbonyl (C=O) groups excluding carboxylic acids is 1. The standard InChI is InChI=1S/C19H37N5O2.HI/c1-4-20-18(22-16-19(2)7-5-6-8-19)24-12-10-23(11-13-24)15-17(25)21-9-14-26-3;/h4-16H2,1-3H3,(H,20,22)(H,21,25);1H. The van der Waals surface area contributed by atoms with Gasteiger partial charge >= 0.3 is 0 Å². The third-order valence-corrected chi connectivity index (χ3v) is 5.42. The van der Waals surface area contributed by atoms with Crippen molar-refractivity contribution in [2.45, 2.75) is 39.5 Å². The molecule has 0 aromatic carbocycles. The third-order valence-electron chi connectivity index (χ3n) is 5.42. The fraction of sp³-hybridized carbons (Fsp3) is 0.895. The molecular weight excluding hydrogens is 457 g/mol. The first-order valence-electron chi connectivity index (χ1n) is 10.1.